The van der Waals surface area contributed by atoms with Crippen LogP contribution < -0.4 is 11.1 Å². The Kier molecular flexibility index (Phi) is 4.63. The molecule has 2 heteroatoms. The zero-order valence-electron chi connectivity index (χ0n) is 9.09. The Balaban J connectivity index is 2.73. The minimum absolute atomic E-state index is 0.444. The molecule has 0 aromatic heterocycles. The first-order chi connectivity index (χ1) is 6.79. The van der Waals surface area contributed by atoms with Gasteiger partial charge in [0.2, 0.25) is 0 Å². The Bertz CT molecular complexity index is 271. The van der Waals surface area contributed by atoms with Gasteiger partial charge in [0.15, 0.2) is 0 Å². The second-order valence-electron chi connectivity index (χ2n) is 3.63. The highest BCUT2D eigenvalue weighted by atomic mass is 14.9. The molecule has 0 heterocycles. The predicted octanol–water partition coefficient (Wildman–Crippen LogP) is 1.99. The maximum Gasteiger partial charge on any atom is 0.0320 e. The van der Waals surface area contributed by atoms with E-state index in [2.05, 4.69) is 36.5 Å². The lowest BCUT2D eigenvalue weighted by molar-refractivity contribution is 0.529. The third-order valence-electron chi connectivity index (χ3n) is 2.61. The largest absolute Gasteiger partial charge is 0.330 e. The fraction of sp³-hybridized carbons (Fsp3) is 0.500. The number of benzene rings is 1. The maximum atomic E-state index is 5.52. The zero-order valence-corrected chi connectivity index (χ0v) is 9.09. The zero-order chi connectivity index (χ0) is 10.4. The summed E-state index contributed by atoms with van der Waals surface area (Å²) in [5.41, 5.74) is 8.26. The van der Waals surface area contributed by atoms with Crippen molar-refractivity contribution >= 4 is 0 Å². The summed E-state index contributed by atoms with van der Waals surface area (Å²) in [7, 11) is 2.01. The van der Waals surface area contributed by atoms with Crippen LogP contribution in [0, 0.1) is 6.92 Å². The van der Waals surface area contributed by atoms with Gasteiger partial charge in [-0.25, -0.2) is 0 Å². The highest BCUT2D eigenvalue weighted by Gasteiger charge is 2.09. The van der Waals surface area contributed by atoms with Gasteiger partial charge in [-0.1, -0.05) is 24.3 Å². The first-order valence-electron chi connectivity index (χ1n) is 5.22. The summed E-state index contributed by atoms with van der Waals surface area (Å²) in [5, 5.41) is 3.34. The van der Waals surface area contributed by atoms with Crippen molar-refractivity contribution < 1.29 is 0 Å². The van der Waals surface area contributed by atoms with Gasteiger partial charge in [-0.05, 0) is 44.5 Å². The molecule has 0 saturated heterocycles. The van der Waals surface area contributed by atoms with E-state index in [0.29, 0.717) is 6.04 Å². The van der Waals surface area contributed by atoms with E-state index < -0.39 is 0 Å². The molecule has 0 aliphatic heterocycles. The number of rotatable bonds is 5. The predicted molar refractivity (Wildman–Crippen MR) is 61.3 cm³/mol. The van der Waals surface area contributed by atoms with Gasteiger partial charge >= 0.3 is 0 Å². The van der Waals surface area contributed by atoms with Crippen molar-refractivity contribution in [1.82, 2.24) is 5.32 Å². The van der Waals surface area contributed by atoms with E-state index in [1.54, 1.807) is 0 Å². The summed E-state index contributed by atoms with van der Waals surface area (Å²) in [6.45, 7) is 2.92. The fourth-order valence-electron chi connectivity index (χ4n) is 1.76. The molecule has 0 radical (unpaired) electrons. The average Bonchev–Trinajstić information content (AvgIpc) is 2.21. The van der Waals surface area contributed by atoms with Crippen LogP contribution in [0.3, 0.4) is 0 Å². The Morgan fingerprint density at radius 1 is 1.36 bits per heavy atom. The summed E-state index contributed by atoms with van der Waals surface area (Å²) in [6.07, 6.45) is 2.18. The van der Waals surface area contributed by atoms with Crippen LogP contribution in [0.25, 0.3) is 0 Å². The molecule has 1 aromatic carbocycles. The van der Waals surface area contributed by atoms with Gasteiger partial charge in [-0.2, -0.15) is 0 Å². The van der Waals surface area contributed by atoms with Gasteiger partial charge in [0.25, 0.3) is 0 Å². The fourth-order valence-corrected chi connectivity index (χ4v) is 1.76. The van der Waals surface area contributed by atoms with Crippen LogP contribution in [0.4, 0.5) is 0 Å². The highest BCUT2D eigenvalue weighted by molar-refractivity contribution is 5.28. The molecule has 0 amide bonds. The molecule has 0 fully saturated rings. The molecule has 0 bridgehead atoms. The lowest BCUT2D eigenvalue weighted by Crippen LogP contribution is -2.18. The van der Waals surface area contributed by atoms with E-state index in [1.165, 1.54) is 11.1 Å². The second-order valence-corrected chi connectivity index (χ2v) is 3.63. The lowest BCUT2D eigenvalue weighted by Gasteiger charge is -2.18. The Hall–Kier alpha value is -0.860. The normalized spacial score (nSPS) is 12.8. The van der Waals surface area contributed by atoms with Crippen molar-refractivity contribution in [3.63, 3.8) is 0 Å². The third-order valence-corrected chi connectivity index (χ3v) is 2.61. The van der Waals surface area contributed by atoms with Gasteiger partial charge in [0, 0.05) is 6.04 Å². The van der Waals surface area contributed by atoms with Crippen LogP contribution in [0.1, 0.15) is 30.0 Å². The van der Waals surface area contributed by atoms with Gasteiger partial charge < -0.3 is 11.1 Å². The van der Waals surface area contributed by atoms with Crippen molar-refractivity contribution in [3.8, 4) is 0 Å². The van der Waals surface area contributed by atoms with Crippen LogP contribution in [0.15, 0.2) is 24.3 Å². The lowest BCUT2D eigenvalue weighted by atomic mass is 9.98. The van der Waals surface area contributed by atoms with E-state index >= 15 is 0 Å². The molecule has 14 heavy (non-hydrogen) atoms. The smallest absolute Gasteiger partial charge is 0.0320 e. The van der Waals surface area contributed by atoms with E-state index in [0.717, 1.165) is 19.4 Å². The van der Waals surface area contributed by atoms with Crippen LogP contribution in [-0.4, -0.2) is 13.6 Å². The van der Waals surface area contributed by atoms with E-state index in [-0.39, 0.29) is 0 Å². The Labute approximate surface area is 86.5 Å². The van der Waals surface area contributed by atoms with Crippen LogP contribution in [-0.2, 0) is 0 Å². The van der Waals surface area contributed by atoms with Gasteiger partial charge in [-0.3, -0.25) is 0 Å². The van der Waals surface area contributed by atoms with Gasteiger partial charge in [-0.15, -0.1) is 0 Å². The number of aryl methyl sites for hydroxylation is 1. The van der Waals surface area contributed by atoms with Crippen LogP contribution in [0.5, 0.6) is 0 Å². The second kappa shape index (κ2) is 5.78. The number of nitrogens with two attached hydrogens (primary N) is 1. The molecule has 78 valence electrons. The molecule has 0 aliphatic carbocycles. The molecule has 1 rings (SSSR count). The summed E-state index contributed by atoms with van der Waals surface area (Å²) in [5.74, 6) is 0. The third kappa shape index (κ3) is 2.82. The molecule has 0 saturated carbocycles. The summed E-state index contributed by atoms with van der Waals surface area (Å²) in [6, 6.07) is 8.96. The first-order valence-corrected chi connectivity index (χ1v) is 5.22. The van der Waals surface area contributed by atoms with E-state index in [4.69, 9.17) is 5.73 Å². The molecule has 1 atom stereocenters. The topological polar surface area (TPSA) is 38.0 Å². The molecule has 1 aromatic rings. The van der Waals surface area contributed by atoms with Gasteiger partial charge in [0.1, 0.15) is 0 Å². The van der Waals surface area contributed by atoms with Crippen molar-refractivity contribution in [2.75, 3.05) is 13.6 Å². The van der Waals surface area contributed by atoms with Crippen molar-refractivity contribution in [2.45, 2.75) is 25.8 Å². The standard InChI is InChI=1S/C12H20N2/c1-10-6-3-4-7-11(10)12(14-2)8-5-9-13/h3-4,6-7,12,14H,5,8-9,13H2,1-2H3. The molecule has 2 nitrogen and oxygen atoms in total. The Morgan fingerprint density at radius 2 is 2.07 bits per heavy atom. The average molecular weight is 192 g/mol. The van der Waals surface area contributed by atoms with E-state index in [9.17, 15) is 0 Å². The minimum Gasteiger partial charge on any atom is -0.330 e. The quantitative estimate of drug-likeness (QED) is 0.748. The number of hydrogen-bond acceptors (Lipinski definition) is 2. The minimum atomic E-state index is 0.444. The maximum absolute atomic E-state index is 5.52. The molecule has 3 N–H and O–H groups in total. The molecule has 1 unspecified atom stereocenters. The summed E-state index contributed by atoms with van der Waals surface area (Å²) < 4.78 is 0. The molecule has 0 spiro atoms. The van der Waals surface area contributed by atoms with E-state index in [1.807, 2.05) is 7.05 Å². The number of hydrogen-bond donors (Lipinski definition) is 2. The summed E-state index contributed by atoms with van der Waals surface area (Å²) in [4.78, 5) is 0. The molecule has 0 aliphatic rings. The first kappa shape index (κ1) is 11.2. The molecular weight excluding hydrogens is 172 g/mol. The monoisotopic (exact) mass is 192 g/mol. The number of nitrogens with one attached hydrogen (secondary N) is 1. The van der Waals surface area contributed by atoms with Crippen LogP contribution in [0.2, 0.25) is 0 Å². The van der Waals surface area contributed by atoms with Crippen molar-refractivity contribution in [1.29, 1.82) is 0 Å². The summed E-state index contributed by atoms with van der Waals surface area (Å²) >= 11 is 0. The van der Waals surface area contributed by atoms with Gasteiger partial charge in [0.05, 0.1) is 0 Å². The Morgan fingerprint density at radius 3 is 2.64 bits per heavy atom. The van der Waals surface area contributed by atoms with Crippen LogP contribution >= 0.6 is 0 Å². The highest BCUT2D eigenvalue weighted by Crippen LogP contribution is 2.20. The molecular formula is C12H20N2. The SMILES string of the molecule is CNC(CCCN)c1ccccc1C. The van der Waals surface area contributed by atoms with Crippen molar-refractivity contribution in [3.05, 3.63) is 35.4 Å². The van der Waals surface area contributed by atoms with Crippen molar-refractivity contribution in [2.24, 2.45) is 5.73 Å².